The van der Waals surface area contributed by atoms with Crippen LogP contribution in [0.15, 0.2) is 24.3 Å². The molecule has 0 N–H and O–H groups in total. The van der Waals surface area contributed by atoms with Gasteiger partial charge in [0.2, 0.25) is 11.8 Å². The second-order valence-corrected chi connectivity index (χ2v) is 7.94. The SMILES string of the molecule is COc1ccc(CN2C(=O)CCC23CCN(C(=O)C2CCOC2)CC3)cc1. The Bertz CT molecular complexity index is 689. The Morgan fingerprint density at radius 3 is 2.59 bits per heavy atom. The van der Waals surface area contributed by atoms with Crippen molar-refractivity contribution in [2.75, 3.05) is 33.4 Å². The van der Waals surface area contributed by atoms with E-state index in [1.165, 1.54) is 0 Å². The lowest BCUT2D eigenvalue weighted by Crippen LogP contribution is -2.54. The molecule has 1 aromatic carbocycles. The van der Waals surface area contributed by atoms with Crippen molar-refractivity contribution in [2.45, 2.75) is 44.2 Å². The minimum Gasteiger partial charge on any atom is -0.497 e. The molecule has 6 nitrogen and oxygen atoms in total. The minimum absolute atomic E-state index is 0.0275. The van der Waals surface area contributed by atoms with Crippen LogP contribution >= 0.6 is 0 Å². The van der Waals surface area contributed by atoms with Gasteiger partial charge in [0.15, 0.2) is 0 Å². The molecular formula is C21H28N2O4. The largest absolute Gasteiger partial charge is 0.497 e. The van der Waals surface area contributed by atoms with Gasteiger partial charge in [0.25, 0.3) is 0 Å². The van der Waals surface area contributed by atoms with Crippen molar-refractivity contribution >= 4 is 11.8 Å². The van der Waals surface area contributed by atoms with E-state index in [9.17, 15) is 9.59 Å². The predicted molar refractivity (Wildman–Crippen MR) is 100 cm³/mol. The Morgan fingerprint density at radius 1 is 1.22 bits per heavy atom. The highest BCUT2D eigenvalue weighted by Crippen LogP contribution is 2.40. The Kier molecular flexibility index (Phi) is 5.08. The van der Waals surface area contributed by atoms with E-state index in [1.807, 2.05) is 29.2 Å². The Balaban J connectivity index is 1.42. The van der Waals surface area contributed by atoms with Crippen molar-refractivity contribution in [1.29, 1.82) is 0 Å². The van der Waals surface area contributed by atoms with Crippen molar-refractivity contribution < 1.29 is 19.1 Å². The molecule has 1 spiro atoms. The Labute approximate surface area is 160 Å². The summed E-state index contributed by atoms with van der Waals surface area (Å²) in [5.74, 6) is 1.31. The maximum absolute atomic E-state index is 12.7. The third-order valence-electron chi connectivity index (χ3n) is 6.46. The van der Waals surface area contributed by atoms with Crippen LogP contribution < -0.4 is 4.74 Å². The number of nitrogens with zero attached hydrogens (tertiary/aromatic N) is 2. The summed E-state index contributed by atoms with van der Waals surface area (Å²) in [6.45, 7) is 3.36. The molecule has 3 fully saturated rings. The summed E-state index contributed by atoms with van der Waals surface area (Å²) in [4.78, 5) is 29.3. The zero-order chi connectivity index (χ0) is 18.9. The van der Waals surface area contributed by atoms with Gasteiger partial charge in [-0.15, -0.1) is 0 Å². The molecule has 146 valence electrons. The fraction of sp³-hybridized carbons (Fsp3) is 0.619. The summed E-state index contributed by atoms with van der Waals surface area (Å²) in [6.07, 6.45) is 4.09. The topological polar surface area (TPSA) is 59.1 Å². The first kappa shape index (κ1) is 18.3. The highest BCUT2D eigenvalue weighted by molar-refractivity contribution is 5.81. The second kappa shape index (κ2) is 7.50. The van der Waals surface area contributed by atoms with Crippen LogP contribution in [0.1, 0.15) is 37.7 Å². The van der Waals surface area contributed by atoms with E-state index in [-0.39, 0.29) is 23.3 Å². The lowest BCUT2D eigenvalue weighted by Gasteiger charge is -2.45. The van der Waals surface area contributed by atoms with Gasteiger partial charge in [-0.1, -0.05) is 12.1 Å². The van der Waals surface area contributed by atoms with E-state index in [0.717, 1.165) is 50.1 Å². The lowest BCUT2D eigenvalue weighted by atomic mass is 9.84. The molecular weight excluding hydrogens is 344 g/mol. The van der Waals surface area contributed by atoms with Crippen LogP contribution in [-0.2, 0) is 20.9 Å². The molecule has 6 heteroatoms. The van der Waals surface area contributed by atoms with Crippen molar-refractivity contribution in [3.8, 4) is 5.75 Å². The van der Waals surface area contributed by atoms with Gasteiger partial charge in [0.1, 0.15) is 5.75 Å². The van der Waals surface area contributed by atoms with Gasteiger partial charge in [-0.2, -0.15) is 0 Å². The lowest BCUT2D eigenvalue weighted by molar-refractivity contribution is -0.140. The molecule has 0 bridgehead atoms. The smallest absolute Gasteiger partial charge is 0.228 e. The molecule has 1 atom stereocenters. The number of ether oxygens (including phenoxy) is 2. The van der Waals surface area contributed by atoms with Crippen LogP contribution in [0, 0.1) is 5.92 Å². The van der Waals surface area contributed by atoms with Gasteiger partial charge in [-0.25, -0.2) is 0 Å². The molecule has 0 radical (unpaired) electrons. The molecule has 4 rings (SSSR count). The molecule has 1 aromatic rings. The van der Waals surface area contributed by atoms with E-state index in [1.54, 1.807) is 7.11 Å². The molecule has 1 unspecified atom stereocenters. The number of amides is 2. The number of methoxy groups -OCH3 is 1. The number of carbonyl (C=O) groups is 2. The summed E-state index contributed by atoms with van der Waals surface area (Å²) in [5.41, 5.74) is 1.02. The normalized spacial score (nSPS) is 24.6. The van der Waals surface area contributed by atoms with E-state index in [4.69, 9.17) is 9.47 Å². The van der Waals surface area contributed by atoms with Gasteiger partial charge >= 0.3 is 0 Å². The summed E-state index contributed by atoms with van der Waals surface area (Å²) < 4.78 is 10.6. The first-order valence-corrected chi connectivity index (χ1v) is 9.91. The van der Waals surface area contributed by atoms with E-state index in [2.05, 4.69) is 4.90 Å². The van der Waals surface area contributed by atoms with Gasteiger partial charge in [0.05, 0.1) is 19.6 Å². The quantitative estimate of drug-likeness (QED) is 0.813. The van der Waals surface area contributed by atoms with Crippen LogP contribution in [-0.4, -0.2) is 60.6 Å². The zero-order valence-electron chi connectivity index (χ0n) is 16.0. The van der Waals surface area contributed by atoms with Crippen molar-refractivity contribution in [3.05, 3.63) is 29.8 Å². The van der Waals surface area contributed by atoms with E-state index < -0.39 is 0 Å². The van der Waals surface area contributed by atoms with Crippen LogP contribution in [0.4, 0.5) is 0 Å². The third-order valence-corrected chi connectivity index (χ3v) is 6.46. The predicted octanol–water partition coefficient (Wildman–Crippen LogP) is 2.22. The first-order valence-electron chi connectivity index (χ1n) is 9.91. The van der Waals surface area contributed by atoms with E-state index >= 15 is 0 Å². The number of piperidine rings is 1. The van der Waals surface area contributed by atoms with Crippen LogP contribution in [0.2, 0.25) is 0 Å². The molecule has 3 aliphatic rings. The average molecular weight is 372 g/mol. The molecule has 3 heterocycles. The molecule has 3 saturated heterocycles. The average Bonchev–Trinajstić information content (AvgIpc) is 3.34. The third kappa shape index (κ3) is 3.55. The van der Waals surface area contributed by atoms with Crippen LogP contribution in [0.3, 0.4) is 0 Å². The summed E-state index contributed by atoms with van der Waals surface area (Å²) >= 11 is 0. The monoisotopic (exact) mass is 372 g/mol. The van der Waals surface area contributed by atoms with Gasteiger partial charge in [-0.05, 0) is 43.4 Å². The minimum atomic E-state index is -0.0973. The van der Waals surface area contributed by atoms with Crippen LogP contribution in [0.5, 0.6) is 5.75 Å². The van der Waals surface area contributed by atoms with Gasteiger partial charge < -0.3 is 19.3 Å². The number of likely N-dealkylation sites (tertiary alicyclic amines) is 2. The highest BCUT2D eigenvalue weighted by Gasteiger charge is 2.47. The van der Waals surface area contributed by atoms with Crippen molar-refractivity contribution in [3.63, 3.8) is 0 Å². The summed E-state index contributed by atoms with van der Waals surface area (Å²) in [5, 5.41) is 0. The molecule has 2 amide bonds. The summed E-state index contributed by atoms with van der Waals surface area (Å²) in [6, 6.07) is 7.93. The zero-order valence-corrected chi connectivity index (χ0v) is 16.0. The van der Waals surface area contributed by atoms with Gasteiger partial charge in [0, 0.05) is 38.2 Å². The standard InChI is InChI=1S/C21H28N2O4/c1-26-18-4-2-16(3-5-18)14-23-19(24)6-8-21(23)9-11-22(12-10-21)20(25)17-7-13-27-15-17/h2-5,17H,6-15H2,1H3. The molecule has 0 aromatic heterocycles. The molecule has 0 aliphatic carbocycles. The Hall–Kier alpha value is -2.08. The highest BCUT2D eigenvalue weighted by atomic mass is 16.5. The van der Waals surface area contributed by atoms with Gasteiger partial charge in [-0.3, -0.25) is 9.59 Å². The Morgan fingerprint density at radius 2 is 1.96 bits per heavy atom. The van der Waals surface area contributed by atoms with Crippen LogP contribution in [0.25, 0.3) is 0 Å². The maximum Gasteiger partial charge on any atom is 0.228 e. The van der Waals surface area contributed by atoms with Crippen molar-refractivity contribution in [2.24, 2.45) is 5.92 Å². The van der Waals surface area contributed by atoms with E-state index in [0.29, 0.717) is 26.2 Å². The first-order chi connectivity index (χ1) is 13.1. The molecule has 0 saturated carbocycles. The number of benzene rings is 1. The fourth-order valence-corrected chi connectivity index (χ4v) is 4.69. The maximum atomic E-state index is 12.7. The number of rotatable bonds is 4. The number of carbonyl (C=O) groups excluding carboxylic acids is 2. The summed E-state index contributed by atoms with van der Waals surface area (Å²) in [7, 11) is 1.65. The van der Waals surface area contributed by atoms with Crippen molar-refractivity contribution in [1.82, 2.24) is 9.80 Å². The second-order valence-electron chi connectivity index (χ2n) is 7.94. The number of hydrogen-bond acceptors (Lipinski definition) is 4. The molecule has 3 aliphatic heterocycles. The number of hydrogen-bond donors (Lipinski definition) is 0. The fourth-order valence-electron chi connectivity index (χ4n) is 4.69. The molecule has 27 heavy (non-hydrogen) atoms.